The summed E-state index contributed by atoms with van der Waals surface area (Å²) in [5.41, 5.74) is -0.296. The second-order valence-corrected chi connectivity index (χ2v) is 5.45. The van der Waals surface area contributed by atoms with Crippen molar-refractivity contribution < 1.29 is 19.5 Å². The summed E-state index contributed by atoms with van der Waals surface area (Å²) in [5, 5.41) is 16.3. The zero-order chi connectivity index (χ0) is 15.1. The fourth-order valence-electron chi connectivity index (χ4n) is 1.36. The molecule has 0 spiro atoms. The Labute approximate surface area is 113 Å². The van der Waals surface area contributed by atoms with Gasteiger partial charge in [0.1, 0.15) is 0 Å². The molecule has 0 saturated carbocycles. The predicted molar refractivity (Wildman–Crippen MR) is 70.8 cm³/mol. The maximum Gasteiger partial charge on any atom is 0.315 e. The molecule has 1 unspecified atom stereocenters. The van der Waals surface area contributed by atoms with E-state index < -0.39 is 18.0 Å². The number of hydrogen-bond donors (Lipinski definition) is 4. The minimum atomic E-state index is -0.975. The van der Waals surface area contributed by atoms with Crippen molar-refractivity contribution >= 4 is 17.9 Å². The number of carbonyl (C=O) groups excluding carboxylic acids is 2. The average molecular weight is 273 g/mol. The molecule has 0 aromatic carbocycles. The van der Waals surface area contributed by atoms with Gasteiger partial charge in [0.25, 0.3) is 0 Å². The van der Waals surface area contributed by atoms with Crippen molar-refractivity contribution in [2.24, 2.45) is 0 Å². The summed E-state index contributed by atoms with van der Waals surface area (Å²) in [6, 6.07) is -0.932. The predicted octanol–water partition coefficient (Wildman–Crippen LogP) is 0.454. The molecular weight excluding hydrogens is 250 g/mol. The quantitative estimate of drug-likeness (QED) is 0.563. The largest absolute Gasteiger partial charge is 0.481 e. The topological polar surface area (TPSA) is 108 Å². The molecule has 0 aliphatic rings. The van der Waals surface area contributed by atoms with Gasteiger partial charge in [0.05, 0.1) is 6.42 Å². The van der Waals surface area contributed by atoms with Crippen LogP contribution in [0.25, 0.3) is 0 Å². The van der Waals surface area contributed by atoms with Crippen molar-refractivity contribution in [3.8, 4) is 0 Å². The Morgan fingerprint density at radius 3 is 2.26 bits per heavy atom. The van der Waals surface area contributed by atoms with E-state index >= 15 is 0 Å². The zero-order valence-corrected chi connectivity index (χ0v) is 11.9. The summed E-state index contributed by atoms with van der Waals surface area (Å²) < 4.78 is 0. The van der Waals surface area contributed by atoms with Crippen LogP contribution in [0.15, 0.2) is 0 Å². The molecule has 0 radical (unpaired) electrons. The highest BCUT2D eigenvalue weighted by molar-refractivity contribution is 5.79. The van der Waals surface area contributed by atoms with E-state index in [0.29, 0.717) is 0 Å². The van der Waals surface area contributed by atoms with Crippen molar-refractivity contribution in [2.75, 3.05) is 6.54 Å². The molecule has 0 aliphatic carbocycles. The molecule has 4 N–H and O–H groups in total. The molecule has 3 amide bonds. The third kappa shape index (κ3) is 11.1. The lowest BCUT2D eigenvalue weighted by atomic mass is 10.1. The maximum absolute atomic E-state index is 11.4. The average Bonchev–Trinajstić information content (AvgIpc) is 2.12. The summed E-state index contributed by atoms with van der Waals surface area (Å²) in [7, 11) is 0. The van der Waals surface area contributed by atoms with Crippen LogP contribution in [-0.4, -0.2) is 41.1 Å². The SMILES string of the molecule is CC(CC(=O)O)NC(=O)NCCC(=O)NC(C)(C)C. The standard InChI is InChI=1S/C12H23N3O4/c1-8(7-10(17)18)14-11(19)13-6-5-9(16)15-12(2,3)4/h8H,5-7H2,1-4H3,(H,15,16)(H,17,18)(H2,13,14,19). The number of amides is 3. The number of hydrogen-bond acceptors (Lipinski definition) is 3. The van der Waals surface area contributed by atoms with Crippen LogP contribution in [0.1, 0.15) is 40.5 Å². The van der Waals surface area contributed by atoms with E-state index in [1.165, 1.54) is 0 Å². The molecule has 1 atom stereocenters. The molecule has 7 nitrogen and oxygen atoms in total. The van der Waals surface area contributed by atoms with Gasteiger partial charge in [0, 0.05) is 24.5 Å². The van der Waals surface area contributed by atoms with E-state index in [1.54, 1.807) is 6.92 Å². The molecule has 0 bridgehead atoms. The number of nitrogens with one attached hydrogen (secondary N) is 3. The lowest BCUT2D eigenvalue weighted by molar-refractivity contribution is -0.137. The van der Waals surface area contributed by atoms with Gasteiger partial charge in [-0.1, -0.05) is 0 Å². The first-order valence-electron chi connectivity index (χ1n) is 6.17. The molecule has 7 heteroatoms. The lowest BCUT2D eigenvalue weighted by Crippen LogP contribution is -2.44. The van der Waals surface area contributed by atoms with E-state index in [4.69, 9.17) is 5.11 Å². The number of rotatable bonds is 6. The van der Waals surface area contributed by atoms with E-state index in [2.05, 4.69) is 16.0 Å². The van der Waals surface area contributed by atoms with Crippen molar-refractivity contribution in [3.05, 3.63) is 0 Å². The van der Waals surface area contributed by atoms with Crippen molar-refractivity contribution in [1.29, 1.82) is 0 Å². The van der Waals surface area contributed by atoms with Gasteiger partial charge in [-0.3, -0.25) is 9.59 Å². The monoisotopic (exact) mass is 273 g/mol. The molecule has 19 heavy (non-hydrogen) atoms. The third-order valence-electron chi connectivity index (χ3n) is 2.01. The van der Waals surface area contributed by atoms with Gasteiger partial charge in [-0.15, -0.1) is 0 Å². The Bertz CT molecular complexity index is 336. The maximum atomic E-state index is 11.4. The number of carboxylic acid groups (broad SMARTS) is 1. The van der Waals surface area contributed by atoms with Gasteiger partial charge in [-0.05, 0) is 27.7 Å². The van der Waals surface area contributed by atoms with Crippen LogP contribution in [-0.2, 0) is 9.59 Å². The van der Waals surface area contributed by atoms with Crippen LogP contribution in [0.5, 0.6) is 0 Å². The van der Waals surface area contributed by atoms with Gasteiger partial charge >= 0.3 is 12.0 Å². The second kappa shape index (κ2) is 7.60. The Kier molecular flexibility index (Phi) is 6.89. The van der Waals surface area contributed by atoms with Crippen LogP contribution >= 0.6 is 0 Å². The highest BCUT2D eigenvalue weighted by atomic mass is 16.4. The van der Waals surface area contributed by atoms with Crippen LogP contribution < -0.4 is 16.0 Å². The molecule has 0 saturated heterocycles. The van der Waals surface area contributed by atoms with Crippen LogP contribution in [0.3, 0.4) is 0 Å². The number of carboxylic acids is 1. The first kappa shape index (κ1) is 17.2. The van der Waals surface area contributed by atoms with E-state index in [9.17, 15) is 14.4 Å². The lowest BCUT2D eigenvalue weighted by Gasteiger charge is -2.20. The Morgan fingerprint density at radius 2 is 1.79 bits per heavy atom. The zero-order valence-electron chi connectivity index (χ0n) is 11.9. The fraction of sp³-hybridized carbons (Fsp3) is 0.750. The second-order valence-electron chi connectivity index (χ2n) is 5.45. The van der Waals surface area contributed by atoms with Gasteiger partial charge in [0.15, 0.2) is 0 Å². The highest BCUT2D eigenvalue weighted by Crippen LogP contribution is 1.98. The van der Waals surface area contributed by atoms with E-state index in [-0.39, 0.29) is 30.8 Å². The summed E-state index contributed by atoms with van der Waals surface area (Å²) >= 11 is 0. The Morgan fingerprint density at radius 1 is 1.21 bits per heavy atom. The van der Waals surface area contributed by atoms with Crippen molar-refractivity contribution in [3.63, 3.8) is 0 Å². The summed E-state index contributed by atoms with van der Waals surface area (Å²) in [6.45, 7) is 7.42. The van der Waals surface area contributed by atoms with Crippen LogP contribution in [0.4, 0.5) is 4.79 Å². The fourth-order valence-corrected chi connectivity index (χ4v) is 1.36. The summed E-state index contributed by atoms with van der Waals surface area (Å²) in [4.78, 5) is 33.2. The summed E-state index contributed by atoms with van der Waals surface area (Å²) in [5.74, 6) is -1.12. The van der Waals surface area contributed by atoms with E-state index in [0.717, 1.165) is 0 Å². The third-order valence-corrected chi connectivity index (χ3v) is 2.01. The Hall–Kier alpha value is -1.79. The van der Waals surface area contributed by atoms with Gasteiger partial charge < -0.3 is 21.1 Å². The van der Waals surface area contributed by atoms with Crippen LogP contribution in [0, 0.1) is 0 Å². The molecular formula is C12H23N3O4. The Balaban J connectivity index is 3.80. The molecule has 0 aliphatic heterocycles. The molecule has 110 valence electrons. The first-order valence-corrected chi connectivity index (χ1v) is 6.17. The van der Waals surface area contributed by atoms with Crippen molar-refractivity contribution in [1.82, 2.24) is 16.0 Å². The van der Waals surface area contributed by atoms with Crippen molar-refractivity contribution in [2.45, 2.75) is 52.1 Å². The van der Waals surface area contributed by atoms with E-state index in [1.807, 2.05) is 20.8 Å². The molecule has 0 rings (SSSR count). The normalized spacial score (nSPS) is 12.4. The molecule has 0 fully saturated rings. The van der Waals surface area contributed by atoms with Gasteiger partial charge in [-0.25, -0.2) is 4.79 Å². The smallest absolute Gasteiger partial charge is 0.315 e. The summed E-state index contributed by atoms with van der Waals surface area (Å²) in [6.07, 6.45) is 0.0376. The van der Waals surface area contributed by atoms with Gasteiger partial charge in [0.2, 0.25) is 5.91 Å². The number of carbonyl (C=O) groups is 3. The van der Waals surface area contributed by atoms with Crippen LogP contribution in [0.2, 0.25) is 0 Å². The van der Waals surface area contributed by atoms with Gasteiger partial charge in [-0.2, -0.15) is 0 Å². The molecule has 0 aromatic heterocycles. The first-order chi connectivity index (χ1) is 8.60. The molecule has 0 aromatic rings. The molecule has 0 heterocycles. The minimum absolute atomic E-state index is 0.141. The number of urea groups is 1. The highest BCUT2D eigenvalue weighted by Gasteiger charge is 2.14. The minimum Gasteiger partial charge on any atom is -0.481 e. The number of aliphatic carboxylic acids is 1.